The summed E-state index contributed by atoms with van der Waals surface area (Å²) in [4.78, 5) is 0.0691. The molecule has 0 unspecified atom stereocenters. The molecule has 3 aromatic carbocycles. The summed E-state index contributed by atoms with van der Waals surface area (Å²) in [7, 11) is -2.46. The third-order valence-electron chi connectivity index (χ3n) is 4.02. The van der Waals surface area contributed by atoms with E-state index in [0.717, 1.165) is 4.31 Å². The highest BCUT2D eigenvalue weighted by Gasteiger charge is 2.26. The number of hydrogen-bond donors (Lipinski definition) is 0. The van der Waals surface area contributed by atoms with E-state index in [1.54, 1.807) is 42.5 Å². The van der Waals surface area contributed by atoms with Crippen molar-refractivity contribution < 1.29 is 17.5 Å². The Hall–Kier alpha value is -2.57. The zero-order valence-corrected chi connectivity index (χ0v) is 16.0. The molecule has 0 saturated heterocycles. The molecule has 0 aliphatic rings. The highest BCUT2D eigenvalue weighted by atomic mass is 35.5. The first-order valence-electron chi connectivity index (χ1n) is 8.07. The summed E-state index contributed by atoms with van der Waals surface area (Å²) in [6, 6.07) is 18.4. The Morgan fingerprint density at radius 2 is 1.70 bits per heavy atom. The summed E-state index contributed by atoms with van der Waals surface area (Å²) in [6.45, 7) is -0.0303. The van der Waals surface area contributed by atoms with Crippen LogP contribution in [-0.4, -0.2) is 15.5 Å². The van der Waals surface area contributed by atoms with Gasteiger partial charge in [0.25, 0.3) is 10.0 Å². The van der Waals surface area contributed by atoms with Crippen LogP contribution in [0.4, 0.5) is 10.1 Å². The zero-order chi connectivity index (χ0) is 19.4. The number of rotatable bonds is 6. The molecule has 0 aliphatic carbocycles. The minimum absolute atomic E-state index is 0.0303. The molecule has 0 bridgehead atoms. The predicted octanol–water partition coefficient (Wildman–Crippen LogP) is 4.88. The Labute approximate surface area is 162 Å². The van der Waals surface area contributed by atoms with E-state index in [4.69, 9.17) is 16.3 Å². The van der Waals surface area contributed by atoms with Gasteiger partial charge in [0.2, 0.25) is 0 Å². The minimum atomic E-state index is -3.96. The van der Waals surface area contributed by atoms with Gasteiger partial charge in [-0.15, -0.1) is 0 Å². The maximum atomic E-state index is 13.8. The van der Waals surface area contributed by atoms with Crippen molar-refractivity contribution in [3.8, 4) is 5.75 Å². The molecular formula is C20H17ClFNO3S. The van der Waals surface area contributed by atoms with Gasteiger partial charge in [-0.3, -0.25) is 4.31 Å². The molecule has 140 valence electrons. The lowest BCUT2D eigenvalue weighted by atomic mass is 10.2. The van der Waals surface area contributed by atoms with E-state index in [-0.39, 0.29) is 17.1 Å². The second-order valence-electron chi connectivity index (χ2n) is 5.76. The fourth-order valence-corrected chi connectivity index (χ4v) is 4.23. The monoisotopic (exact) mass is 405 g/mol. The molecule has 7 heteroatoms. The molecular weight excluding hydrogens is 389 g/mol. The van der Waals surface area contributed by atoms with Crippen molar-refractivity contribution in [3.63, 3.8) is 0 Å². The summed E-state index contributed by atoms with van der Waals surface area (Å²) in [5.74, 6) is 0.0129. The van der Waals surface area contributed by atoms with Gasteiger partial charge in [0.15, 0.2) is 0 Å². The van der Waals surface area contributed by atoms with Gasteiger partial charge in [-0.05, 0) is 54.1 Å². The molecule has 0 saturated carbocycles. The fourth-order valence-electron chi connectivity index (χ4n) is 2.60. The highest BCUT2D eigenvalue weighted by molar-refractivity contribution is 7.92. The lowest BCUT2D eigenvalue weighted by molar-refractivity contribution is 0.414. The number of anilines is 1. The zero-order valence-electron chi connectivity index (χ0n) is 14.5. The second-order valence-corrected chi connectivity index (χ2v) is 8.03. The predicted molar refractivity (Wildman–Crippen MR) is 104 cm³/mol. The molecule has 4 nitrogen and oxygen atoms in total. The second kappa shape index (κ2) is 7.98. The summed E-state index contributed by atoms with van der Waals surface area (Å²) < 4.78 is 46.5. The first-order chi connectivity index (χ1) is 12.9. The number of nitrogens with zero attached hydrogens (tertiary/aromatic N) is 1. The highest BCUT2D eigenvalue weighted by Crippen LogP contribution is 2.29. The van der Waals surface area contributed by atoms with Crippen LogP contribution in [0.2, 0.25) is 5.02 Å². The SMILES string of the molecule is COc1ccc(S(=O)(=O)N(Cc2ccccc2Cl)c2cccc(F)c2)cc1. The third kappa shape index (κ3) is 4.23. The van der Waals surface area contributed by atoms with E-state index in [1.807, 2.05) is 0 Å². The standard InChI is InChI=1S/C20H17ClFNO3S/c1-26-18-9-11-19(12-10-18)27(24,25)23(17-7-4-6-16(22)13-17)14-15-5-2-3-8-20(15)21/h2-13H,14H2,1H3. The number of ether oxygens (including phenoxy) is 1. The molecule has 0 N–H and O–H groups in total. The summed E-state index contributed by atoms with van der Waals surface area (Å²) in [5.41, 5.74) is 0.825. The summed E-state index contributed by atoms with van der Waals surface area (Å²) in [5, 5.41) is 0.434. The number of methoxy groups -OCH3 is 1. The fraction of sp³-hybridized carbons (Fsp3) is 0.100. The van der Waals surface area contributed by atoms with Gasteiger partial charge >= 0.3 is 0 Å². The van der Waals surface area contributed by atoms with Crippen LogP contribution >= 0.6 is 11.6 Å². The summed E-state index contributed by atoms with van der Waals surface area (Å²) >= 11 is 6.21. The van der Waals surface area contributed by atoms with E-state index >= 15 is 0 Å². The van der Waals surface area contributed by atoms with Gasteiger partial charge in [0.05, 0.1) is 24.2 Å². The van der Waals surface area contributed by atoms with Gasteiger partial charge in [-0.1, -0.05) is 35.9 Å². The molecule has 0 fully saturated rings. The van der Waals surface area contributed by atoms with Crippen LogP contribution in [-0.2, 0) is 16.6 Å². The van der Waals surface area contributed by atoms with Gasteiger partial charge in [0.1, 0.15) is 11.6 Å². The summed E-state index contributed by atoms with van der Waals surface area (Å²) in [6.07, 6.45) is 0. The molecule has 0 atom stereocenters. The van der Waals surface area contributed by atoms with Gasteiger partial charge in [-0.25, -0.2) is 12.8 Å². The van der Waals surface area contributed by atoms with Crippen LogP contribution in [0.25, 0.3) is 0 Å². The van der Waals surface area contributed by atoms with Crippen molar-refractivity contribution in [2.24, 2.45) is 0 Å². The van der Waals surface area contributed by atoms with E-state index in [1.165, 1.54) is 37.4 Å². The maximum absolute atomic E-state index is 13.8. The number of sulfonamides is 1. The van der Waals surface area contributed by atoms with Gasteiger partial charge < -0.3 is 4.74 Å². The third-order valence-corrected chi connectivity index (χ3v) is 6.17. The minimum Gasteiger partial charge on any atom is -0.497 e. The molecule has 0 radical (unpaired) electrons. The van der Waals surface area contributed by atoms with Crippen LogP contribution in [0.15, 0.2) is 77.7 Å². The van der Waals surface area contributed by atoms with Crippen LogP contribution in [0.3, 0.4) is 0 Å². The van der Waals surface area contributed by atoms with Crippen molar-refractivity contribution in [1.29, 1.82) is 0 Å². The number of hydrogen-bond acceptors (Lipinski definition) is 3. The Morgan fingerprint density at radius 3 is 2.33 bits per heavy atom. The molecule has 0 amide bonds. The van der Waals surface area contributed by atoms with Crippen molar-refractivity contribution in [3.05, 3.63) is 89.2 Å². The van der Waals surface area contributed by atoms with Crippen molar-refractivity contribution in [1.82, 2.24) is 0 Å². The van der Waals surface area contributed by atoms with Crippen LogP contribution < -0.4 is 9.04 Å². The Kier molecular flexibility index (Phi) is 5.68. The van der Waals surface area contributed by atoms with E-state index < -0.39 is 15.8 Å². The molecule has 0 aromatic heterocycles. The van der Waals surface area contributed by atoms with Crippen molar-refractivity contribution in [2.75, 3.05) is 11.4 Å². The Bertz CT molecular complexity index is 1040. The van der Waals surface area contributed by atoms with Gasteiger partial charge in [-0.2, -0.15) is 0 Å². The first kappa shape index (κ1) is 19.2. The van der Waals surface area contributed by atoms with Gasteiger partial charge in [0, 0.05) is 5.02 Å². The van der Waals surface area contributed by atoms with E-state index in [9.17, 15) is 12.8 Å². The largest absolute Gasteiger partial charge is 0.497 e. The quantitative estimate of drug-likeness (QED) is 0.587. The average molecular weight is 406 g/mol. The number of benzene rings is 3. The van der Waals surface area contributed by atoms with Crippen LogP contribution in [0.5, 0.6) is 5.75 Å². The average Bonchev–Trinajstić information content (AvgIpc) is 2.67. The molecule has 0 spiro atoms. The molecule has 3 rings (SSSR count). The molecule has 0 aliphatic heterocycles. The number of halogens is 2. The Morgan fingerprint density at radius 1 is 1.00 bits per heavy atom. The lowest BCUT2D eigenvalue weighted by Crippen LogP contribution is -2.30. The molecule has 0 heterocycles. The van der Waals surface area contributed by atoms with Crippen LogP contribution in [0, 0.1) is 5.82 Å². The molecule has 27 heavy (non-hydrogen) atoms. The van der Waals surface area contributed by atoms with E-state index in [0.29, 0.717) is 16.3 Å². The Balaban J connectivity index is 2.09. The smallest absolute Gasteiger partial charge is 0.264 e. The van der Waals surface area contributed by atoms with Crippen molar-refractivity contribution >= 4 is 27.3 Å². The van der Waals surface area contributed by atoms with E-state index in [2.05, 4.69) is 0 Å². The topological polar surface area (TPSA) is 46.6 Å². The lowest BCUT2D eigenvalue weighted by Gasteiger charge is -2.25. The normalized spacial score (nSPS) is 11.2. The van der Waals surface area contributed by atoms with Crippen molar-refractivity contribution in [2.45, 2.75) is 11.4 Å². The molecule has 3 aromatic rings. The van der Waals surface area contributed by atoms with Crippen LogP contribution in [0.1, 0.15) is 5.56 Å². The first-order valence-corrected chi connectivity index (χ1v) is 9.89. The maximum Gasteiger partial charge on any atom is 0.264 e.